The van der Waals surface area contributed by atoms with E-state index >= 15 is 0 Å². The highest BCUT2D eigenvalue weighted by Gasteiger charge is 2.20. The Bertz CT molecular complexity index is 757. The highest BCUT2D eigenvalue weighted by Crippen LogP contribution is 2.21. The first kappa shape index (κ1) is 19.1. The van der Waals surface area contributed by atoms with Crippen LogP contribution in [0.5, 0.6) is 0 Å². The monoisotopic (exact) mass is 370 g/mol. The maximum Gasteiger partial charge on any atom is 0.272 e. The molecule has 1 saturated heterocycles. The van der Waals surface area contributed by atoms with Gasteiger partial charge in [0.25, 0.3) is 5.91 Å². The fourth-order valence-electron chi connectivity index (χ4n) is 3.30. The van der Waals surface area contributed by atoms with Crippen LogP contribution in [0.3, 0.4) is 0 Å². The van der Waals surface area contributed by atoms with Gasteiger partial charge in [-0.05, 0) is 42.8 Å². The molecular formula is C21H27FN4O. The molecule has 1 aliphatic heterocycles. The van der Waals surface area contributed by atoms with Crippen molar-refractivity contribution < 1.29 is 9.18 Å². The van der Waals surface area contributed by atoms with Crippen LogP contribution in [0, 0.1) is 5.82 Å². The summed E-state index contributed by atoms with van der Waals surface area (Å²) in [6.45, 7) is 6.27. The highest BCUT2D eigenvalue weighted by molar-refractivity contribution is 5.93. The molecule has 0 N–H and O–H groups in total. The minimum absolute atomic E-state index is 0.0322. The van der Waals surface area contributed by atoms with Gasteiger partial charge in [0.05, 0.1) is 0 Å². The third-order valence-electron chi connectivity index (χ3n) is 4.99. The Morgan fingerprint density at radius 1 is 1.07 bits per heavy atom. The summed E-state index contributed by atoms with van der Waals surface area (Å²) in [6, 6.07) is 10.5. The minimum atomic E-state index is -0.213. The fourth-order valence-corrected chi connectivity index (χ4v) is 3.30. The van der Waals surface area contributed by atoms with Crippen LogP contribution in [0.1, 0.15) is 30.3 Å². The largest absolute Gasteiger partial charge is 0.368 e. The number of anilines is 2. The van der Waals surface area contributed by atoms with Crippen molar-refractivity contribution >= 4 is 17.3 Å². The summed E-state index contributed by atoms with van der Waals surface area (Å²) in [4.78, 5) is 23.1. The Morgan fingerprint density at radius 3 is 2.33 bits per heavy atom. The third-order valence-corrected chi connectivity index (χ3v) is 4.99. The van der Waals surface area contributed by atoms with Crippen LogP contribution in [0.2, 0.25) is 0 Å². The molecule has 1 aliphatic rings. The molecule has 0 atom stereocenters. The minimum Gasteiger partial charge on any atom is -0.368 e. The average molecular weight is 370 g/mol. The normalized spacial score (nSPS) is 14.3. The van der Waals surface area contributed by atoms with E-state index in [0.717, 1.165) is 56.9 Å². The molecule has 1 aromatic heterocycles. The van der Waals surface area contributed by atoms with Crippen molar-refractivity contribution in [2.45, 2.75) is 19.8 Å². The Labute approximate surface area is 160 Å². The lowest BCUT2D eigenvalue weighted by Crippen LogP contribution is -2.46. The molecule has 0 bridgehead atoms. The lowest BCUT2D eigenvalue weighted by Gasteiger charge is -2.37. The number of piperazine rings is 1. The maximum absolute atomic E-state index is 13.1. The summed E-state index contributed by atoms with van der Waals surface area (Å²) in [6.07, 6.45) is 3.76. The number of amides is 1. The van der Waals surface area contributed by atoms with Gasteiger partial charge in [0, 0.05) is 57.3 Å². The van der Waals surface area contributed by atoms with Crippen molar-refractivity contribution in [3.63, 3.8) is 0 Å². The Kier molecular flexibility index (Phi) is 6.27. The molecule has 1 fully saturated rings. The third kappa shape index (κ3) is 4.76. The Hall–Kier alpha value is -2.63. The molecule has 144 valence electrons. The molecule has 1 aromatic carbocycles. The van der Waals surface area contributed by atoms with Gasteiger partial charge in [-0.2, -0.15) is 0 Å². The second-order valence-electron chi connectivity index (χ2n) is 6.93. The summed E-state index contributed by atoms with van der Waals surface area (Å²) in [5, 5.41) is 0. The van der Waals surface area contributed by atoms with Gasteiger partial charge in [0.2, 0.25) is 0 Å². The van der Waals surface area contributed by atoms with Gasteiger partial charge in [-0.3, -0.25) is 9.78 Å². The van der Waals surface area contributed by atoms with Crippen molar-refractivity contribution in [2.24, 2.45) is 0 Å². The van der Waals surface area contributed by atoms with E-state index in [1.165, 1.54) is 12.1 Å². The van der Waals surface area contributed by atoms with Crippen molar-refractivity contribution in [2.75, 3.05) is 49.6 Å². The topological polar surface area (TPSA) is 39.7 Å². The number of benzene rings is 1. The number of nitrogens with zero attached hydrogens (tertiary/aromatic N) is 4. The summed E-state index contributed by atoms with van der Waals surface area (Å²) < 4.78 is 13.1. The van der Waals surface area contributed by atoms with Crippen LogP contribution < -0.4 is 9.80 Å². The maximum atomic E-state index is 13.1. The summed E-state index contributed by atoms with van der Waals surface area (Å²) in [5.41, 5.74) is 2.56. The Morgan fingerprint density at radius 2 is 1.70 bits per heavy atom. The van der Waals surface area contributed by atoms with Crippen molar-refractivity contribution in [1.82, 2.24) is 9.88 Å². The van der Waals surface area contributed by atoms with E-state index < -0.39 is 0 Å². The number of halogens is 1. The van der Waals surface area contributed by atoms with Gasteiger partial charge >= 0.3 is 0 Å². The average Bonchev–Trinajstić information content (AvgIpc) is 2.72. The number of hydrogen-bond acceptors (Lipinski definition) is 4. The van der Waals surface area contributed by atoms with Gasteiger partial charge in [0.15, 0.2) is 0 Å². The summed E-state index contributed by atoms with van der Waals surface area (Å²) in [7, 11) is 1.83. The van der Waals surface area contributed by atoms with Crippen LogP contribution in [0.4, 0.5) is 15.8 Å². The number of carbonyl (C=O) groups excluding carboxylic acids is 1. The first-order valence-corrected chi connectivity index (χ1v) is 9.55. The Balaban J connectivity index is 1.63. The van der Waals surface area contributed by atoms with E-state index in [1.54, 1.807) is 11.1 Å². The van der Waals surface area contributed by atoms with Gasteiger partial charge in [0.1, 0.15) is 11.5 Å². The molecule has 0 unspecified atom stereocenters. The SMILES string of the molecule is CCCCN(C)C(=O)c1cc(N2CCN(c3ccc(F)cc3)CC2)ccn1. The highest BCUT2D eigenvalue weighted by atomic mass is 19.1. The standard InChI is InChI=1S/C21H27FN4O/c1-3-4-11-24(2)21(27)20-16-19(9-10-23-20)26-14-12-25(13-15-26)18-7-5-17(22)6-8-18/h5-10,16H,3-4,11-15H2,1-2H3. The lowest BCUT2D eigenvalue weighted by atomic mass is 10.2. The van der Waals surface area contributed by atoms with Gasteiger partial charge < -0.3 is 14.7 Å². The van der Waals surface area contributed by atoms with E-state index in [2.05, 4.69) is 21.7 Å². The number of rotatable bonds is 6. The number of pyridine rings is 1. The summed E-state index contributed by atoms with van der Waals surface area (Å²) in [5.74, 6) is -0.245. The number of unbranched alkanes of at least 4 members (excludes halogenated alkanes) is 1. The zero-order valence-corrected chi connectivity index (χ0v) is 16.1. The predicted octanol–water partition coefficient (Wildman–Crippen LogP) is 3.42. The van der Waals surface area contributed by atoms with Gasteiger partial charge in [-0.1, -0.05) is 13.3 Å². The van der Waals surface area contributed by atoms with E-state index in [-0.39, 0.29) is 11.7 Å². The second-order valence-corrected chi connectivity index (χ2v) is 6.93. The zero-order chi connectivity index (χ0) is 19.2. The molecule has 0 aliphatic carbocycles. The molecule has 27 heavy (non-hydrogen) atoms. The predicted molar refractivity (Wildman–Crippen MR) is 107 cm³/mol. The van der Waals surface area contributed by atoms with Crippen LogP contribution >= 0.6 is 0 Å². The van der Waals surface area contributed by atoms with E-state index in [0.29, 0.717) is 5.69 Å². The first-order chi connectivity index (χ1) is 13.1. The van der Waals surface area contributed by atoms with E-state index in [1.807, 2.05) is 31.3 Å². The molecule has 1 amide bonds. The van der Waals surface area contributed by atoms with Gasteiger partial charge in [-0.25, -0.2) is 4.39 Å². The van der Waals surface area contributed by atoms with Crippen molar-refractivity contribution in [3.8, 4) is 0 Å². The summed E-state index contributed by atoms with van der Waals surface area (Å²) >= 11 is 0. The van der Waals surface area contributed by atoms with Crippen LogP contribution in [-0.2, 0) is 0 Å². The van der Waals surface area contributed by atoms with Crippen molar-refractivity contribution in [3.05, 3.63) is 54.1 Å². The number of carbonyl (C=O) groups is 1. The zero-order valence-electron chi connectivity index (χ0n) is 16.1. The molecule has 0 radical (unpaired) electrons. The fraction of sp³-hybridized carbons (Fsp3) is 0.429. The number of hydrogen-bond donors (Lipinski definition) is 0. The molecule has 0 saturated carbocycles. The molecule has 3 rings (SSSR count). The first-order valence-electron chi connectivity index (χ1n) is 9.55. The molecule has 5 nitrogen and oxygen atoms in total. The van der Waals surface area contributed by atoms with Crippen LogP contribution in [0.15, 0.2) is 42.6 Å². The quantitative estimate of drug-likeness (QED) is 0.781. The molecule has 6 heteroatoms. The molecule has 0 spiro atoms. The van der Waals surface area contributed by atoms with Crippen LogP contribution in [-0.4, -0.2) is 55.6 Å². The smallest absolute Gasteiger partial charge is 0.272 e. The van der Waals surface area contributed by atoms with E-state index in [4.69, 9.17) is 0 Å². The second kappa shape index (κ2) is 8.84. The molecule has 2 aromatic rings. The molecule has 2 heterocycles. The van der Waals surface area contributed by atoms with Crippen molar-refractivity contribution in [1.29, 1.82) is 0 Å². The molecular weight excluding hydrogens is 343 g/mol. The van der Waals surface area contributed by atoms with E-state index in [9.17, 15) is 9.18 Å². The number of aromatic nitrogens is 1. The van der Waals surface area contributed by atoms with Crippen LogP contribution in [0.25, 0.3) is 0 Å². The lowest BCUT2D eigenvalue weighted by molar-refractivity contribution is 0.0787. The van der Waals surface area contributed by atoms with Gasteiger partial charge in [-0.15, -0.1) is 0 Å².